The Balaban J connectivity index is 2.90. The van der Waals surface area contributed by atoms with Gasteiger partial charge in [0.2, 0.25) is 0 Å². The summed E-state index contributed by atoms with van der Waals surface area (Å²) in [6.45, 7) is 4.20. The molecule has 1 aromatic heterocycles. The Labute approximate surface area is 108 Å². The lowest BCUT2D eigenvalue weighted by molar-refractivity contribution is 0.281. The predicted molar refractivity (Wildman–Crippen MR) is 74.7 cm³/mol. The number of aliphatic hydroxyl groups is 1. The zero-order valence-corrected chi connectivity index (χ0v) is 12.2. The monoisotopic (exact) mass is 257 g/mol. The average molecular weight is 257 g/mol. The van der Waals surface area contributed by atoms with E-state index in [2.05, 4.69) is 30.2 Å². The van der Waals surface area contributed by atoms with E-state index in [9.17, 15) is 5.11 Å². The first-order valence-electron chi connectivity index (χ1n) is 5.88. The molecule has 1 heterocycles. The quantitative estimate of drug-likeness (QED) is 0.844. The molecule has 0 aromatic carbocycles. The van der Waals surface area contributed by atoms with Crippen molar-refractivity contribution in [1.29, 1.82) is 0 Å². The van der Waals surface area contributed by atoms with E-state index in [1.807, 2.05) is 30.4 Å². The van der Waals surface area contributed by atoms with Crippen molar-refractivity contribution in [2.24, 2.45) is 7.05 Å². The van der Waals surface area contributed by atoms with Gasteiger partial charge in [-0.25, -0.2) is 0 Å². The van der Waals surface area contributed by atoms with Crippen LogP contribution in [0.4, 0.5) is 5.82 Å². The fraction of sp³-hybridized carbons (Fsp3) is 0.750. The highest BCUT2D eigenvalue weighted by Gasteiger charge is 2.19. The second-order valence-electron chi connectivity index (χ2n) is 4.41. The van der Waals surface area contributed by atoms with Gasteiger partial charge >= 0.3 is 0 Å². The molecule has 1 atom stereocenters. The number of aliphatic hydroxyl groups excluding tert-OH is 1. The number of aryl methyl sites for hydroxylation is 2. The summed E-state index contributed by atoms with van der Waals surface area (Å²) in [6.07, 6.45) is 3.26. The van der Waals surface area contributed by atoms with Gasteiger partial charge in [-0.1, -0.05) is 0 Å². The summed E-state index contributed by atoms with van der Waals surface area (Å²) in [6, 6.07) is 0.447. The fourth-order valence-corrected chi connectivity index (χ4v) is 2.58. The normalized spacial score (nSPS) is 12.8. The summed E-state index contributed by atoms with van der Waals surface area (Å²) < 4.78 is 1.86. The van der Waals surface area contributed by atoms with Crippen LogP contribution >= 0.6 is 11.8 Å². The Kier molecular flexibility index (Phi) is 5.33. The third-order valence-electron chi connectivity index (χ3n) is 3.21. The van der Waals surface area contributed by atoms with E-state index in [1.54, 1.807) is 0 Å². The summed E-state index contributed by atoms with van der Waals surface area (Å²) in [4.78, 5) is 2.21. The summed E-state index contributed by atoms with van der Waals surface area (Å²) in [5, 5.41) is 13.8. The molecule has 0 spiro atoms. The molecule has 0 saturated heterocycles. The van der Waals surface area contributed by atoms with E-state index in [-0.39, 0.29) is 6.61 Å². The maximum absolute atomic E-state index is 9.44. The molecular formula is C12H23N3OS. The summed E-state index contributed by atoms with van der Waals surface area (Å²) in [7, 11) is 4.00. The van der Waals surface area contributed by atoms with Crippen molar-refractivity contribution in [3.05, 3.63) is 11.3 Å². The molecule has 1 aromatic rings. The summed E-state index contributed by atoms with van der Waals surface area (Å²) >= 11 is 1.86. The lowest BCUT2D eigenvalue weighted by atomic mass is 10.2. The molecule has 0 bridgehead atoms. The van der Waals surface area contributed by atoms with Crippen LogP contribution in [0.15, 0.2) is 0 Å². The van der Waals surface area contributed by atoms with E-state index in [0.717, 1.165) is 29.2 Å². The van der Waals surface area contributed by atoms with Crippen molar-refractivity contribution in [2.45, 2.75) is 32.9 Å². The second kappa shape index (κ2) is 6.31. The van der Waals surface area contributed by atoms with E-state index in [4.69, 9.17) is 0 Å². The van der Waals surface area contributed by atoms with Crippen LogP contribution in [0, 0.1) is 6.92 Å². The smallest absolute Gasteiger partial charge is 0.132 e. The highest BCUT2D eigenvalue weighted by molar-refractivity contribution is 7.98. The van der Waals surface area contributed by atoms with Crippen molar-refractivity contribution >= 4 is 17.6 Å². The molecule has 0 amide bonds. The van der Waals surface area contributed by atoms with Crippen molar-refractivity contribution in [3.8, 4) is 0 Å². The molecule has 4 nitrogen and oxygen atoms in total. The topological polar surface area (TPSA) is 41.3 Å². The molecule has 5 heteroatoms. The lowest BCUT2D eigenvalue weighted by Gasteiger charge is -2.27. The number of anilines is 1. The van der Waals surface area contributed by atoms with Crippen LogP contribution in [0.2, 0.25) is 0 Å². The van der Waals surface area contributed by atoms with Gasteiger partial charge in [-0.2, -0.15) is 16.9 Å². The molecular weight excluding hydrogens is 234 g/mol. The Bertz CT molecular complexity index is 365. The molecule has 0 aliphatic heterocycles. The van der Waals surface area contributed by atoms with Gasteiger partial charge in [-0.15, -0.1) is 0 Å². The minimum Gasteiger partial charge on any atom is -0.391 e. The molecule has 98 valence electrons. The number of nitrogens with zero attached hydrogens (tertiary/aromatic N) is 3. The van der Waals surface area contributed by atoms with Gasteiger partial charge in [0.05, 0.1) is 12.3 Å². The Hall–Kier alpha value is -0.680. The van der Waals surface area contributed by atoms with Gasteiger partial charge in [0.1, 0.15) is 5.82 Å². The third kappa shape index (κ3) is 3.16. The zero-order chi connectivity index (χ0) is 13.0. The van der Waals surface area contributed by atoms with E-state index < -0.39 is 0 Å². The van der Waals surface area contributed by atoms with Crippen molar-refractivity contribution in [2.75, 3.05) is 24.0 Å². The van der Waals surface area contributed by atoms with Crippen molar-refractivity contribution in [1.82, 2.24) is 9.78 Å². The van der Waals surface area contributed by atoms with Crippen LogP contribution in [0.3, 0.4) is 0 Å². The van der Waals surface area contributed by atoms with Crippen LogP contribution in [0.1, 0.15) is 24.6 Å². The summed E-state index contributed by atoms with van der Waals surface area (Å²) in [5.74, 6) is 2.18. The van der Waals surface area contributed by atoms with Crippen LogP contribution < -0.4 is 4.90 Å². The first kappa shape index (κ1) is 14.4. The first-order valence-corrected chi connectivity index (χ1v) is 7.27. The van der Waals surface area contributed by atoms with E-state index >= 15 is 0 Å². The SMILES string of the molecule is CSCCC(C)N(C)c1c(CO)c(C)nn1C. The van der Waals surface area contributed by atoms with Crippen molar-refractivity contribution in [3.63, 3.8) is 0 Å². The molecule has 0 radical (unpaired) electrons. The average Bonchev–Trinajstić information content (AvgIpc) is 2.59. The first-order chi connectivity index (χ1) is 8.02. The molecule has 1 unspecified atom stereocenters. The van der Waals surface area contributed by atoms with Gasteiger partial charge in [-0.05, 0) is 32.3 Å². The molecule has 0 aliphatic rings. The number of aromatic nitrogens is 2. The molecule has 0 saturated carbocycles. The Morgan fingerprint density at radius 2 is 2.18 bits per heavy atom. The van der Waals surface area contributed by atoms with Crippen LogP contribution in [-0.4, -0.2) is 40.0 Å². The molecule has 0 fully saturated rings. The number of hydrogen-bond donors (Lipinski definition) is 1. The van der Waals surface area contributed by atoms with E-state index in [1.165, 1.54) is 0 Å². The maximum atomic E-state index is 9.44. The number of rotatable bonds is 6. The lowest BCUT2D eigenvalue weighted by Crippen LogP contribution is -2.31. The molecule has 0 aliphatic carbocycles. The predicted octanol–water partition coefficient (Wildman–Crippen LogP) is 1.80. The van der Waals surface area contributed by atoms with Gasteiger partial charge in [0.15, 0.2) is 0 Å². The van der Waals surface area contributed by atoms with Gasteiger partial charge in [0, 0.05) is 25.7 Å². The second-order valence-corrected chi connectivity index (χ2v) is 5.40. The van der Waals surface area contributed by atoms with Crippen LogP contribution in [0.5, 0.6) is 0 Å². The highest BCUT2D eigenvalue weighted by atomic mass is 32.2. The maximum Gasteiger partial charge on any atom is 0.132 e. The zero-order valence-electron chi connectivity index (χ0n) is 11.4. The van der Waals surface area contributed by atoms with Crippen LogP contribution in [0.25, 0.3) is 0 Å². The number of hydrogen-bond acceptors (Lipinski definition) is 4. The van der Waals surface area contributed by atoms with Gasteiger partial charge < -0.3 is 10.0 Å². The standard InChI is InChI=1S/C12H23N3OS/c1-9(6-7-17-5)14(3)12-11(8-16)10(2)13-15(12)4/h9,16H,6-8H2,1-5H3. The third-order valence-corrected chi connectivity index (χ3v) is 3.85. The van der Waals surface area contributed by atoms with Crippen LogP contribution in [-0.2, 0) is 13.7 Å². The Morgan fingerprint density at radius 1 is 1.53 bits per heavy atom. The van der Waals surface area contributed by atoms with E-state index in [0.29, 0.717) is 6.04 Å². The highest BCUT2D eigenvalue weighted by Crippen LogP contribution is 2.24. The molecule has 1 rings (SSSR count). The van der Waals surface area contributed by atoms with Crippen molar-refractivity contribution < 1.29 is 5.11 Å². The number of thioether (sulfide) groups is 1. The molecule has 17 heavy (non-hydrogen) atoms. The Morgan fingerprint density at radius 3 is 2.71 bits per heavy atom. The largest absolute Gasteiger partial charge is 0.391 e. The summed E-state index contributed by atoms with van der Waals surface area (Å²) in [5.41, 5.74) is 1.85. The fourth-order valence-electron chi connectivity index (χ4n) is 2.01. The van der Waals surface area contributed by atoms with Gasteiger partial charge in [-0.3, -0.25) is 4.68 Å². The van der Waals surface area contributed by atoms with Gasteiger partial charge in [0.25, 0.3) is 0 Å². The minimum absolute atomic E-state index is 0.0502. The minimum atomic E-state index is 0.0502. The molecule has 1 N–H and O–H groups in total.